The van der Waals surface area contributed by atoms with E-state index in [4.69, 9.17) is 0 Å². The Hall–Kier alpha value is -1.15. The van der Waals surface area contributed by atoms with Crippen LogP contribution in [0.15, 0.2) is 30.3 Å². The maximum atomic E-state index is 12.1. The summed E-state index contributed by atoms with van der Waals surface area (Å²) in [5.74, 6) is 1.20. The first-order valence-corrected chi connectivity index (χ1v) is 7.99. The molecule has 0 N–H and O–H groups in total. The second-order valence-corrected chi connectivity index (χ2v) is 6.10. The lowest BCUT2D eigenvalue weighted by atomic mass is 9.84. The zero-order valence-electron chi connectivity index (χ0n) is 12.8. The number of ketones is 1. The summed E-state index contributed by atoms with van der Waals surface area (Å²) >= 11 is 0. The van der Waals surface area contributed by atoms with E-state index in [1.807, 2.05) is 30.3 Å². The summed E-state index contributed by atoms with van der Waals surface area (Å²) in [6, 6.07) is 10.3. The normalized spacial score (nSPS) is 22.9. The second kappa shape index (κ2) is 7.58. The van der Waals surface area contributed by atoms with Crippen molar-refractivity contribution in [2.75, 3.05) is 13.6 Å². The average molecular weight is 273 g/mol. The Morgan fingerprint density at radius 3 is 2.40 bits per heavy atom. The van der Waals surface area contributed by atoms with E-state index in [0.717, 1.165) is 18.0 Å². The van der Waals surface area contributed by atoms with Gasteiger partial charge in [0.25, 0.3) is 0 Å². The fraction of sp³-hybridized carbons (Fsp3) is 0.611. The van der Waals surface area contributed by atoms with E-state index < -0.39 is 0 Å². The van der Waals surface area contributed by atoms with Gasteiger partial charge in [0.2, 0.25) is 0 Å². The first-order valence-electron chi connectivity index (χ1n) is 7.99. The van der Waals surface area contributed by atoms with Gasteiger partial charge in [-0.3, -0.25) is 4.79 Å². The van der Waals surface area contributed by atoms with Crippen molar-refractivity contribution in [2.24, 2.45) is 5.92 Å². The van der Waals surface area contributed by atoms with Crippen LogP contribution in [0.25, 0.3) is 0 Å². The molecule has 0 heterocycles. The molecule has 20 heavy (non-hydrogen) atoms. The van der Waals surface area contributed by atoms with Gasteiger partial charge in [-0.2, -0.15) is 0 Å². The number of hydrogen-bond donors (Lipinski definition) is 0. The van der Waals surface area contributed by atoms with Crippen molar-refractivity contribution in [2.45, 2.75) is 51.5 Å². The lowest BCUT2D eigenvalue weighted by molar-refractivity contribution is 0.0946. The van der Waals surface area contributed by atoms with Crippen LogP contribution in [0.5, 0.6) is 0 Å². The minimum atomic E-state index is 0.264. The van der Waals surface area contributed by atoms with E-state index >= 15 is 0 Å². The molecule has 1 fully saturated rings. The Labute approximate surface area is 123 Å². The third-order valence-corrected chi connectivity index (χ3v) is 4.80. The molecule has 0 amide bonds. The molecule has 110 valence electrons. The minimum absolute atomic E-state index is 0.264. The highest BCUT2D eigenvalue weighted by Crippen LogP contribution is 2.28. The van der Waals surface area contributed by atoms with E-state index in [0.29, 0.717) is 12.5 Å². The SMILES string of the molecule is CCC1CCC(N(C)CCC(=O)c2ccccc2)CC1. The predicted molar refractivity (Wildman–Crippen MR) is 84.1 cm³/mol. The molecule has 0 aliphatic heterocycles. The van der Waals surface area contributed by atoms with Gasteiger partial charge < -0.3 is 4.90 Å². The van der Waals surface area contributed by atoms with Gasteiger partial charge in [-0.05, 0) is 38.6 Å². The summed E-state index contributed by atoms with van der Waals surface area (Å²) in [6.07, 6.45) is 7.27. The summed E-state index contributed by atoms with van der Waals surface area (Å²) in [7, 11) is 2.18. The number of nitrogens with zero attached hydrogens (tertiary/aromatic N) is 1. The van der Waals surface area contributed by atoms with E-state index in [1.165, 1.54) is 32.1 Å². The molecule has 1 aliphatic carbocycles. The average Bonchev–Trinajstić information content (AvgIpc) is 2.53. The van der Waals surface area contributed by atoms with Crippen molar-refractivity contribution in [3.63, 3.8) is 0 Å². The van der Waals surface area contributed by atoms with Crippen LogP contribution in [0.4, 0.5) is 0 Å². The predicted octanol–water partition coefficient (Wildman–Crippen LogP) is 4.16. The Kier molecular flexibility index (Phi) is 5.78. The van der Waals surface area contributed by atoms with Crippen LogP contribution in [0.3, 0.4) is 0 Å². The van der Waals surface area contributed by atoms with Gasteiger partial charge >= 0.3 is 0 Å². The number of carbonyl (C=O) groups excluding carboxylic acids is 1. The molecule has 0 unspecified atom stereocenters. The van der Waals surface area contributed by atoms with E-state index in [-0.39, 0.29) is 5.78 Å². The van der Waals surface area contributed by atoms with Gasteiger partial charge in [0.1, 0.15) is 0 Å². The quantitative estimate of drug-likeness (QED) is 0.725. The lowest BCUT2D eigenvalue weighted by Crippen LogP contribution is -2.36. The molecular weight excluding hydrogens is 246 g/mol. The number of carbonyl (C=O) groups is 1. The number of rotatable bonds is 6. The van der Waals surface area contributed by atoms with Crippen molar-refractivity contribution in [1.82, 2.24) is 4.90 Å². The zero-order chi connectivity index (χ0) is 14.4. The first kappa shape index (κ1) is 15.2. The highest BCUT2D eigenvalue weighted by molar-refractivity contribution is 5.96. The molecule has 0 saturated heterocycles. The zero-order valence-corrected chi connectivity index (χ0v) is 12.8. The number of Topliss-reactive ketones (excluding diaryl/α,β-unsaturated/α-hetero) is 1. The molecule has 2 heteroatoms. The Balaban J connectivity index is 1.75. The number of benzene rings is 1. The fourth-order valence-corrected chi connectivity index (χ4v) is 3.22. The first-order chi connectivity index (χ1) is 9.70. The highest BCUT2D eigenvalue weighted by Gasteiger charge is 2.23. The maximum absolute atomic E-state index is 12.1. The molecule has 1 saturated carbocycles. The molecule has 1 aromatic rings. The fourth-order valence-electron chi connectivity index (χ4n) is 3.22. The third kappa shape index (κ3) is 4.17. The van der Waals surface area contributed by atoms with Crippen molar-refractivity contribution in [3.05, 3.63) is 35.9 Å². The van der Waals surface area contributed by atoms with Crippen molar-refractivity contribution < 1.29 is 4.79 Å². The highest BCUT2D eigenvalue weighted by atomic mass is 16.1. The summed E-state index contributed by atoms with van der Waals surface area (Å²) in [6.45, 7) is 3.18. The molecule has 0 spiro atoms. The van der Waals surface area contributed by atoms with Crippen molar-refractivity contribution >= 4 is 5.78 Å². The lowest BCUT2D eigenvalue weighted by Gasteiger charge is -2.34. The third-order valence-electron chi connectivity index (χ3n) is 4.80. The summed E-state index contributed by atoms with van der Waals surface area (Å²) in [4.78, 5) is 14.5. The minimum Gasteiger partial charge on any atom is -0.303 e. The topological polar surface area (TPSA) is 20.3 Å². The van der Waals surface area contributed by atoms with E-state index in [9.17, 15) is 4.79 Å². The molecule has 2 rings (SSSR count). The van der Waals surface area contributed by atoms with Crippen LogP contribution in [-0.2, 0) is 0 Å². The van der Waals surface area contributed by atoms with Gasteiger partial charge in [0.05, 0.1) is 0 Å². The van der Waals surface area contributed by atoms with Gasteiger partial charge in [-0.15, -0.1) is 0 Å². The van der Waals surface area contributed by atoms with Crippen LogP contribution in [0.1, 0.15) is 55.8 Å². The monoisotopic (exact) mass is 273 g/mol. The second-order valence-electron chi connectivity index (χ2n) is 6.10. The molecular formula is C18H27NO. The molecule has 1 aromatic carbocycles. The van der Waals surface area contributed by atoms with Crippen LogP contribution in [0.2, 0.25) is 0 Å². The van der Waals surface area contributed by atoms with Crippen molar-refractivity contribution in [3.8, 4) is 0 Å². The molecule has 0 atom stereocenters. The Morgan fingerprint density at radius 1 is 1.15 bits per heavy atom. The molecule has 0 aromatic heterocycles. The van der Waals surface area contributed by atoms with Crippen molar-refractivity contribution in [1.29, 1.82) is 0 Å². The summed E-state index contributed by atoms with van der Waals surface area (Å²) < 4.78 is 0. The summed E-state index contributed by atoms with van der Waals surface area (Å²) in [5.41, 5.74) is 0.843. The van der Waals surface area contributed by atoms with Gasteiger partial charge in [-0.25, -0.2) is 0 Å². The maximum Gasteiger partial charge on any atom is 0.164 e. The van der Waals surface area contributed by atoms with E-state index in [1.54, 1.807) is 0 Å². The van der Waals surface area contributed by atoms with Crippen LogP contribution in [0, 0.1) is 5.92 Å². The van der Waals surface area contributed by atoms with Crippen LogP contribution < -0.4 is 0 Å². The van der Waals surface area contributed by atoms with Gasteiger partial charge in [-0.1, -0.05) is 43.7 Å². The molecule has 1 aliphatic rings. The van der Waals surface area contributed by atoms with Crippen LogP contribution in [-0.4, -0.2) is 30.3 Å². The Bertz CT molecular complexity index is 407. The largest absolute Gasteiger partial charge is 0.303 e. The molecule has 0 radical (unpaired) electrons. The smallest absolute Gasteiger partial charge is 0.164 e. The van der Waals surface area contributed by atoms with Crippen LogP contribution >= 0.6 is 0 Å². The summed E-state index contributed by atoms with van der Waals surface area (Å²) in [5, 5.41) is 0. The standard InChI is InChI=1S/C18H27NO/c1-3-15-9-11-17(12-10-15)19(2)14-13-18(20)16-7-5-4-6-8-16/h4-8,15,17H,3,9-14H2,1-2H3. The Morgan fingerprint density at radius 2 is 1.80 bits per heavy atom. The van der Waals surface area contributed by atoms with Gasteiger partial charge in [0, 0.05) is 24.6 Å². The van der Waals surface area contributed by atoms with E-state index in [2.05, 4.69) is 18.9 Å². The molecule has 2 nitrogen and oxygen atoms in total. The molecule has 0 bridgehead atoms. The van der Waals surface area contributed by atoms with Gasteiger partial charge in [0.15, 0.2) is 5.78 Å². The number of hydrogen-bond acceptors (Lipinski definition) is 2.